The summed E-state index contributed by atoms with van der Waals surface area (Å²) in [6.45, 7) is 2.77. The highest BCUT2D eigenvalue weighted by atomic mass is 16.5. The Morgan fingerprint density at radius 2 is 2.35 bits per heavy atom. The minimum Gasteiger partial charge on any atom is -0.384 e. The van der Waals surface area contributed by atoms with Crippen LogP contribution in [-0.2, 0) is 20.7 Å². The number of amides is 1. The van der Waals surface area contributed by atoms with Crippen LogP contribution in [0.15, 0.2) is 24.3 Å². The fraction of sp³-hybridized carbons (Fsp3) is 0.533. The minimum atomic E-state index is 0.0119. The van der Waals surface area contributed by atoms with Gasteiger partial charge in [-0.15, -0.1) is 0 Å². The number of morpholine rings is 1. The predicted molar refractivity (Wildman–Crippen MR) is 77.9 cm³/mol. The quantitative estimate of drug-likeness (QED) is 0.820. The van der Waals surface area contributed by atoms with Crippen LogP contribution in [0.1, 0.15) is 12.0 Å². The molecule has 1 aromatic rings. The summed E-state index contributed by atoms with van der Waals surface area (Å²) in [5.41, 5.74) is 1.96. The summed E-state index contributed by atoms with van der Waals surface area (Å²) in [5.74, 6) is 0.0119. The monoisotopic (exact) mass is 278 g/mol. The first-order valence-corrected chi connectivity index (χ1v) is 6.97. The van der Waals surface area contributed by atoms with Gasteiger partial charge in [0.15, 0.2) is 0 Å². The first kappa shape index (κ1) is 15.0. The number of para-hydroxylation sites is 1. The van der Waals surface area contributed by atoms with Crippen LogP contribution in [0.2, 0.25) is 0 Å². The molecule has 0 radical (unpaired) electrons. The van der Waals surface area contributed by atoms with Crippen LogP contribution in [0.5, 0.6) is 0 Å². The second kappa shape index (κ2) is 7.99. The number of carbonyl (C=O) groups is 1. The standard InChI is InChI=1S/C15H22N2O3/c1-19-8-6-12-4-2-3-5-14(12)17-15(18)10-13-11-20-9-7-16-13/h2-5,13,16H,6-11H2,1H3,(H,17,18). The Kier molecular flexibility index (Phi) is 5.98. The van der Waals surface area contributed by atoms with Gasteiger partial charge in [0.05, 0.1) is 19.8 Å². The van der Waals surface area contributed by atoms with Crippen LogP contribution in [0.3, 0.4) is 0 Å². The van der Waals surface area contributed by atoms with Crippen LogP contribution < -0.4 is 10.6 Å². The lowest BCUT2D eigenvalue weighted by molar-refractivity contribution is -0.117. The van der Waals surface area contributed by atoms with Crippen molar-refractivity contribution >= 4 is 11.6 Å². The van der Waals surface area contributed by atoms with Gasteiger partial charge in [0.2, 0.25) is 5.91 Å². The average Bonchev–Trinajstić information content (AvgIpc) is 2.47. The zero-order valence-corrected chi connectivity index (χ0v) is 11.9. The van der Waals surface area contributed by atoms with Gasteiger partial charge in [-0.3, -0.25) is 4.79 Å². The number of ether oxygens (including phenoxy) is 2. The zero-order valence-electron chi connectivity index (χ0n) is 11.9. The smallest absolute Gasteiger partial charge is 0.226 e. The summed E-state index contributed by atoms with van der Waals surface area (Å²) in [4.78, 5) is 12.1. The van der Waals surface area contributed by atoms with E-state index in [1.807, 2.05) is 24.3 Å². The van der Waals surface area contributed by atoms with Gasteiger partial charge in [-0.25, -0.2) is 0 Å². The Morgan fingerprint density at radius 1 is 1.50 bits per heavy atom. The molecular formula is C15H22N2O3. The van der Waals surface area contributed by atoms with Crippen molar-refractivity contribution in [3.05, 3.63) is 29.8 Å². The van der Waals surface area contributed by atoms with Crippen LogP contribution >= 0.6 is 0 Å². The normalized spacial score (nSPS) is 18.8. The van der Waals surface area contributed by atoms with E-state index in [0.717, 1.165) is 30.8 Å². The molecule has 1 unspecified atom stereocenters. The Morgan fingerprint density at radius 3 is 3.10 bits per heavy atom. The molecule has 1 aliphatic heterocycles. The van der Waals surface area contributed by atoms with E-state index >= 15 is 0 Å². The molecule has 1 aromatic carbocycles. The van der Waals surface area contributed by atoms with Gasteiger partial charge in [-0.2, -0.15) is 0 Å². The number of nitrogens with one attached hydrogen (secondary N) is 2. The van der Waals surface area contributed by atoms with Crippen LogP contribution in [0, 0.1) is 0 Å². The predicted octanol–water partition coefficient (Wildman–Crippen LogP) is 1.19. The van der Waals surface area contributed by atoms with Crippen molar-refractivity contribution < 1.29 is 14.3 Å². The van der Waals surface area contributed by atoms with E-state index in [0.29, 0.717) is 19.6 Å². The SMILES string of the molecule is COCCc1ccccc1NC(=O)CC1COCCN1. The lowest BCUT2D eigenvalue weighted by Crippen LogP contribution is -2.43. The van der Waals surface area contributed by atoms with Gasteiger partial charge < -0.3 is 20.1 Å². The summed E-state index contributed by atoms with van der Waals surface area (Å²) < 4.78 is 10.4. The highest BCUT2D eigenvalue weighted by Crippen LogP contribution is 2.16. The third-order valence-electron chi connectivity index (χ3n) is 3.30. The second-order valence-electron chi connectivity index (χ2n) is 4.88. The number of rotatable bonds is 6. The van der Waals surface area contributed by atoms with Crippen molar-refractivity contribution in [3.63, 3.8) is 0 Å². The zero-order chi connectivity index (χ0) is 14.2. The van der Waals surface area contributed by atoms with Crippen molar-refractivity contribution in [2.24, 2.45) is 0 Å². The number of methoxy groups -OCH3 is 1. The van der Waals surface area contributed by atoms with Crippen LogP contribution in [-0.4, -0.2) is 45.4 Å². The highest BCUT2D eigenvalue weighted by Gasteiger charge is 2.17. The third-order valence-corrected chi connectivity index (χ3v) is 3.30. The average molecular weight is 278 g/mol. The molecule has 1 heterocycles. The van der Waals surface area contributed by atoms with Gasteiger partial charge in [-0.1, -0.05) is 18.2 Å². The number of anilines is 1. The number of hydrogen-bond donors (Lipinski definition) is 2. The Bertz CT molecular complexity index is 431. The molecule has 110 valence electrons. The van der Waals surface area contributed by atoms with Crippen molar-refractivity contribution in [2.45, 2.75) is 18.9 Å². The Balaban J connectivity index is 1.89. The van der Waals surface area contributed by atoms with Crippen LogP contribution in [0.25, 0.3) is 0 Å². The molecule has 1 atom stereocenters. The molecule has 1 fully saturated rings. The molecule has 0 aromatic heterocycles. The number of hydrogen-bond acceptors (Lipinski definition) is 4. The maximum absolute atomic E-state index is 12.1. The maximum Gasteiger partial charge on any atom is 0.226 e. The van der Waals surface area contributed by atoms with Gasteiger partial charge in [0, 0.05) is 31.8 Å². The number of benzene rings is 1. The van der Waals surface area contributed by atoms with E-state index in [-0.39, 0.29) is 11.9 Å². The summed E-state index contributed by atoms with van der Waals surface area (Å²) in [7, 11) is 1.68. The van der Waals surface area contributed by atoms with Crippen molar-refractivity contribution in [1.29, 1.82) is 0 Å². The first-order chi connectivity index (χ1) is 9.79. The molecule has 1 saturated heterocycles. The van der Waals surface area contributed by atoms with Gasteiger partial charge in [-0.05, 0) is 18.1 Å². The number of carbonyl (C=O) groups excluding carboxylic acids is 1. The molecule has 1 aliphatic rings. The van der Waals surface area contributed by atoms with E-state index < -0.39 is 0 Å². The van der Waals surface area contributed by atoms with Crippen molar-refractivity contribution in [2.75, 3.05) is 38.8 Å². The molecule has 1 amide bonds. The van der Waals surface area contributed by atoms with Gasteiger partial charge in [0.1, 0.15) is 0 Å². The second-order valence-corrected chi connectivity index (χ2v) is 4.88. The fourth-order valence-corrected chi connectivity index (χ4v) is 2.25. The third kappa shape index (κ3) is 4.59. The van der Waals surface area contributed by atoms with Crippen LogP contribution in [0.4, 0.5) is 5.69 Å². The molecule has 0 aliphatic carbocycles. The molecule has 5 nitrogen and oxygen atoms in total. The molecule has 2 rings (SSSR count). The van der Waals surface area contributed by atoms with E-state index in [1.165, 1.54) is 0 Å². The van der Waals surface area contributed by atoms with E-state index in [1.54, 1.807) is 7.11 Å². The molecule has 5 heteroatoms. The van der Waals surface area contributed by atoms with Gasteiger partial charge >= 0.3 is 0 Å². The molecule has 0 saturated carbocycles. The van der Waals surface area contributed by atoms with E-state index in [9.17, 15) is 4.79 Å². The largest absolute Gasteiger partial charge is 0.384 e. The van der Waals surface area contributed by atoms with Crippen molar-refractivity contribution in [3.8, 4) is 0 Å². The summed E-state index contributed by atoms with van der Waals surface area (Å²) >= 11 is 0. The summed E-state index contributed by atoms with van der Waals surface area (Å²) in [6.07, 6.45) is 1.22. The Labute approximate surface area is 119 Å². The summed E-state index contributed by atoms with van der Waals surface area (Å²) in [6, 6.07) is 7.94. The highest BCUT2D eigenvalue weighted by molar-refractivity contribution is 5.91. The molecule has 0 bridgehead atoms. The molecule has 2 N–H and O–H groups in total. The lowest BCUT2D eigenvalue weighted by atomic mass is 10.1. The minimum absolute atomic E-state index is 0.0119. The molecule has 20 heavy (non-hydrogen) atoms. The molecule has 0 spiro atoms. The maximum atomic E-state index is 12.1. The van der Waals surface area contributed by atoms with E-state index in [2.05, 4.69) is 10.6 Å². The first-order valence-electron chi connectivity index (χ1n) is 6.97. The van der Waals surface area contributed by atoms with Gasteiger partial charge in [0.25, 0.3) is 0 Å². The molecular weight excluding hydrogens is 256 g/mol. The lowest BCUT2D eigenvalue weighted by Gasteiger charge is -2.23. The van der Waals surface area contributed by atoms with Crippen molar-refractivity contribution in [1.82, 2.24) is 5.32 Å². The summed E-state index contributed by atoms with van der Waals surface area (Å²) in [5, 5.41) is 6.26. The fourth-order valence-electron chi connectivity index (χ4n) is 2.25. The Hall–Kier alpha value is -1.43. The van der Waals surface area contributed by atoms with E-state index in [4.69, 9.17) is 9.47 Å². The topological polar surface area (TPSA) is 59.6 Å².